The highest BCUT2D eigenvalue weighted by Crippen LogP contribution is 2.54. The summed E-state index contributed by atoms with van der Waals surface area (Å²) in [6, 6.07) is 61.9. The van der Waals surface area contributed by atoms with E-state index in [4.69, 9.17) is 9.97 Å². The van der Waals surface area contributed by atoms with Crippen molar-refractivity contribution >= 4 is 21.8 Å². The first-order chi connectivity index (χ1) is 30.5. The van der Waals surface area contributed by atoms with Crippen LogP contribution in [0.3, 0.4) is 0 Å². The fraction of sp³-hybridized carbons (Fsp3) is 0.0877. The van der Waals surface area contributed by atoms with E-state index in [1.54, 1.807) is 12.1 Å². The molecule has 2 aromatic heterocycles. The number of benzene rings is 8. The van der Waals surface area contributed by atoms with Gasteiger partial charge in [0, 0.05) is 44.0 Å². The summed E-state index contributed by atoms with van der Waals surface area (Å²) in [6.45, 7) is 6.67. The summed E-state index contributed by atoms with van der Waals surface area (Å²) in [6.07, 6.45) is -4.49. The molecule has 2 heterocycles. The van der Waals surface area contributed by atoms with Crippen molar-refractivity contribution in [3.63, 3.8) is 0 Å². The second-order valence-electron chi connectivity index (χ2n) is 17.0. The Morgan fingerprint density at radius 1 is 0.476 bits per heavy atom. The number of para-hydroxylation sites is 1. The van der Waals surface area contributed by atoms with Crippen LogP contribution >= 0.6 is 0 Å². The third-order valence-corrected chi connectivity index (χ3v) is 12.7. The molecule has 0 unspecified atom stereocenters. The molecule has 3 nitrogen and oxygen atoms in total. The van der Waals surface area contributed by atoms with Crippen LogP contribution in [0.4, 0.5) is 13.2 Å². The van der Waals surface area contributed by atoms with Crippen LogP contribution < -0.4 is 0 Å². The minimum Gasteiger partial charge on any atom is -0.308 e. The van der Waals surface area contributed by atoms with Crippen LogP contribution in [0.1, 0.15) is 36.1 Å². The van der Waals surface area contributed by atoms with Gasteiger partial charge in [0.05, 0.1) is 33.7 Å². The number of halogens is 3. The van der Waals surface area contributed by atoms with E-state index in [1.165, 1.54) is 34.4 Å². The van der Waals surface area contributed by atoms with Gasteiger partial charge in [-0.25, -0.2) is 9.97 Å². The Hall–Kier alpha value is -7.57. The maximum Gasteiger partial charge on any atom is 0.416 e. The standard InChI is InChI=1S/C57H40F3N3/c1-35-22-24-36(25-23-35)45-32-40(55-61-48(38-14-6-4-7-15-38)34-49(62-55)39-16-8-5-9-17-39)33-46(37-26-28-41(29-27-37)57(58,59)60)54(45)63-50-21-13-11-19-44(50)52-51(63)31-30-43-42-18-10-12-20-47(42)56(2,3)53(43)52/h4-34H,1-3H3. The van der Waals surface area contributed by atoms with E-state index in [1.807, 2.05) is 66.7 Å². The van der Waals surface area contributed by atoms with Crippen LogP contribution in [0.2, 0.25) is 0 Å². The fourth-order valence-electron chi connectivity index (χ4n) is 9.68. The Bertz CT molecular complexity index is 3330. The van der Waals surface area contributed by atoms with Crippen molar-refractivity contribution < 1.29 is 13.2 Å². The van der Waals surface area contributed by atoms with E-state index in [-0.39, 0.29) is 5.41 Å². The molecule has 0 N–H and O–H groups in total. The summed E-state index contributed by atoms with van der Waals surface area (Å²) in [4.78, 5) is 10.5. The Morgan fingerprint density at radius 2 is 1.03 bits per heavy atom. The molecule has 0 fully saturated rings. The second-order valence-corrected chi connectivity index (χ2v) is 17.0. The van der Waals surface area contributed by atoms with Crippen molar-refractivity contribution in [2.75, 3.05) is 0 Å². The lowest BCUT2D eigenvalue weighted by Crippen LogP contribution is -2.15. The average molecular weight is 824 g/mol. The van der Waals surface area contributed by atoms with Gasteiger partial charge in [-0.15, -0.1) is 0 Å². The van der Waals surface area contributed by atoms with Gasteiger partial charge in [0.1, 0.15) is 0 Å². The number of fused-ring (bicyclic) bond motifs is 7. The molecule has 0 saturated carbocycles. The molecule has 0 amide bonds. The van der Waals surface area contributed by atoms with Gasteiger partial charge in [-0.05, 0) is 82.8 Å². The fourth-order valence-corrected chi connectivity index (χ4v) is 9.68. The number of alkyl halides is 3. The normalized spacial score (nSPS) is 13.0. The number of nitrogens with zero attached hydrogens (tertiary/aromatic N) is 3. The quantitative estimate of drug-likeness (QED) is 0.167. The SMILES string of the molecule is Cc1ccc(-c2cc(-c3nc(-c4ccccc4)cc(-c4ccccc4)n3)cc(-c3ccc(C(F)(F)F)cc3)c2-n2c3ccccc3c3c4c(ccc32)-c2ccccc2C4(C)C)cc1. The van der Waals surface area contributed by atoms with Gasteiger partial charge in [0.25, 0.3) is 0 Å². The van der Waals surface area contributed by atoms with Crippen molar-refractivity contribution in [2.45, 2.75) is 32.4 Å². The lowest BCUT2D eigenvalue weighted by atomic mass is 9.80. The highest BCUT2D eigenvalue weighted by atomic mass is 19.4. The van der Waals surface area contributed by atoms with Gasteiger partial charge in [-0.3, -0.25) is 0 Å². The van der Waals surface area contributed by atoms with Gasteiger partial charge < -0.3 is 4.57 Å². The van der Waals surface area contributed by atoms with E-state index in [0.29, 0.717) is 11.4 Å². The van der Waals surface area contributed by atoms with Crippen molar-refractivity contribution in [2.24, 2.45) is 0 Å². The summed E-state index contributed by atoms with van der Waals surface area (Å²) in [5, 5.41) is 2.27. The van der Waals surface area contributed by atoms with Crippen molar-refractivity contribution in [1.29, 1.82) is 0 Å². The molecule has 63 heavy (non-hydrogen) atoms. The van der Waals surface area contributed by atoms with Crippen LogP contribution in [0, 0.1) is 6.92 Å². The van der Waals surface area contributed by atoms with E-state index >= 15 is 0 Å². The zero-order chi connectivity index (χ0) is 43.0. The third kappa shape index (κ3) is 6.36. The molecule has 0 bridgehead atoms. The Labute approximate surface area is 363 Å². The molecule has 0 radical (unpaired) electrons. The highest BCUT2D eigenvalue weighted by molar-refractivity contribution is 6.15. The number of hydrogen-bond donors (Lipinski definition) is 0. The third-order valence-electron chi connectivity index (χ3n) is 12.7. The molecular formula is C57H40F3N3. The first-order valence-electron chi connectivity index (χ1n) is 21.1. The average Bonchev–Trinajstić information content (AvgIpc) is 3.77. The molecule has 0 spiro atoms. The molecule has 10 aromatic rings. The number of hydrogen-bond acceptors (Lipinski definition) is 2. The molecule has 1 aliphatic rings. The van der Waals surface area contributed by atoms with Crippen LogP contribution in [-0.2, 0) is 11.6 Å². The van der Waals surface area contributed by atoms with Crippen molar-refractivity contribution in [3.05, 3.63) is 210 Å². The Kier molecular flexibility index (Phi) is 8.84. The smallest absolute Gasteiger partial charge is 0.308 e. The van der Waals surface area contributed by atoms with Gasteiger partial charge in [0.2, 0.25) is 0 Å². The summed E-state index contributed by atoms with van der Waals surface area (Å²) >= 11 is 0. The van der Waals surface area contributed by atoms with Gasteiger partial charge in [-0.1, -0.05) is 165 Å². The maximum absolute atomic E-state index is 14.2. The topological polar surface area (TPSA) is 30.7 Å². The first kappa shape index (κ1) is 38.4. The molecule has 304 valence electrons. The van der Waals surface area contributed by atoms with Gasteiger partial charge >= 0.3 is 6.18 Å². The summed E-state index contributed by atoms with van der Waals surface area (Å²) < 4.78 is 44.9. The molecular weight excluding hydrogens is 784 g/mol. The molecule has 1 aliphatic carbocycles. The van der Waals surface area contributed by atoms with Crippen LogP contribution in [0.15, 0.2) is 188 Å². The van der Waals surface area contributed by atoms with Gasteiger partial charge in [0.15, 0.2) is 5.82 Å². The van der Waals surface area contributed by atoms with Gasteiger partial charge in [-0.2, -0.15) is 13.2 Å². The molecule has 0 aliphatic heterocycles. The Balaban J connectivity index is 1.27. The predicted octanol–water partition coefficient (Wildman–Crippen LogP) is 15.5. The van der Waals surface area contributed by atoms with E-state index < -0.39 is 11.7 Å². The number of aromatic nitrogens is 3. The first-order valence-corrected chi connectivity index (χ1v) is 21.1. The van der Waals surface area contributed by atoms with E-state index in [9.17, 15) is 13.2 Å². The zero-order valence-electron chi connectivity index (χ0n) is 34.9. The molecule has 0 saturated heterocycles. The van der Waals surface area contributed by atoms with Crippen LogP contribution in [-0.4, -0.2) is 14.5 Å². The monoisotopic (exact) mass is 823 g/mol. The van der Waals surface area contributed by atoms with Crippen molar-refractivity contribution in [3.8, 4) is 73.0 Å². The summed E-state index contributed by atoms with van der Waals surface area (Å²) in [5.41, 5.74) is 15.3. The number of aryl methyl sites for hydroxylation is 1. The summed E-state index contributed by atoms with van der Waals surface area (Å²) in [7, 11) is 0. The number of rotatable bonds is 6. The lowest BCUT2D eigenvalue weighted by Gasteiger charge is -2.23. The molecule has 0 atom stereocenters. The minimum atomic E-state index is -4.49. The minimum absolute atomic E-state index is 0.294. The van der Waals surface area contributed by atoms with Crippen LogP contribution in [0.25, 0.3) is 94.8 Å². The maximum atomic E-state index is 14.2. The molecule has 6 heteroatoms. The predicted molar refractivity (Wildman–Crippen MR) is 251 cm³/mol. The van der Waals surface area contributed by atoms with E-state index in [2.05, 4.69) is 122 Å². The van der Waals surface area contributed by atoms with Crippen molar-refractivity contribution in [1.82, 2.24) is 14.5 Å². The lowest BCUT2D eigenvalue weighted by molar-refractivity contribution is -0.137. The highest BCUT2D eigenvalue weighted by Gasteiger charge is 2.38. The summed E-state index contributed by atoms with van der Waals surface area (Å²) in [5.74, 6) is 0.503. The largest absolute Gasteiger partial charge is 0.416 e. The second kappa shape index (κ2) is 14.5. The molecule has 8 aromatic carbocycles. The van der Waals surface area contributed by atoms with E-state index in [0.717, 1.165) is 77.8 Å². The molecule has 11 rings (SSSR count). The zero-order valence-corrected chi connectivity index (χ0v) is 34.9. The van der Waals surface area contributed by atoms with Crippen LogP contribution in [0.5, 0.6) is 0 Å². The Morgan fingerprint density at radius 3 is 1.65 bits per heavy atom.